The molecule has 4 heterocycles. The van der Waals surface area contributed by atoms with Gasteiger partial charge in [0.25, 0.3) is 10.0 Å². The summed E-state index contributed by atoms with van der Waals surface area (Å²) in [4.78, 5) is 19.1. The minimum absolute atomic E-state index is 0.0692. The molecule has 2 aliphatic rings. The van der Waals surface area contributed by atoms with E-state index in [0.717, 1.165) is 25.9 Å². The molecule has 0 radical (unpaired) electrons. The maximum atomic E-state index is 13.1. The first-order valence-electron chi connectivity index (χ1n) is 10.7. The highest BCUT2D eigenvalue weighted by Crippen LogP contribution is 2.31. The van der Waals surface area contributed by atoms with Gasteiger partial charge in [0.15, 0.2) is 0 Å². The van der Waals surface area contributed by atoms with Gasteiger partial charge in [0, 0.05) is 49.5 Å². The van der Waals surface area contributed by atoms with E-state index in [2.05, 4.69) is 10.1 Å². The Morgan fingerprint density at radius 2 is 1.87 bits per heavy atom. The van der Waals surface area contributed by atoms with Crippen LogP contribution in [-0.2, 0) is 21.2 Å². The zero-order chi connectivity index (χ0) is 21.1. The number of aryl methyl sites for hydroxylation is 1. The van der Waals surface area contributed by atoms with Gasteiger partial charge < -0.3 is 9.42 Å². The van der Waals surface area contributed by atoms with Crippen LogP contribution in [0, 0.1) is 5.92 Å². The molecule has 0 atom stereocenters. The summed E-state index contributed by atoms with van der Waals surface area (Å²) in [5.74, 6) is 1.07. The molecule has 0 saturated carbocycles. The number of thiophene rings is 1. The highest BCUT2D eigenvalue weighted by Gasteiger charge is 2.34. The van der Waals surface area contributed by atoms with E-state index >= 15 is 0 Å². The third-order valence-corrected chi connectivity index (χ3v) is 9.23. The van der Waals surface area contributed by atoms with Crippen molar-refractivity contribution in [1.29, 1.82) is 0 Å². The number of sulfonamides is 1. The van der Waals surface area contributed by atoms with E-state index in [1.54, 1.807) is 11.4 Å². The van der Waals surface area contributed by atoms with Crippen molar-refractivity contribution in [3.63, 3.8) is 0 Å². The molecule has 4 rings (SSSR count). The summed E-state index contributed by atoms with van der Waals surface area (Å²) in [6.07, 6.45) is 6.31. The molecule has 0 unspecified atom stereocenters. The summed E-state index contributed by atoms with van der Waals surface area (Å²) in [6.45, 7) is 4.35. The highest BCUT2D eigenvalue weighted by molar-refractivity contribution is 7.91. The zero-order valence-corrected chi connectivity index (χ0v) is 18.9. The number of aromatic nitrogens is 2. The molecule has 1 amide bonds. The van der Waals surface area contributed by atoms with Crippen molar-refractivity contribution in [2.45, 2.75) is 56.1 Å². The van der Waals surface area contributed by atoms with Gasteiger partial charge in [-0.3, -0.25) is 4.79 Å². The van der Waals surface area contributed by atoms with E-state index < -0.39 is 10.0 Å². The SMILES string of the molecule is CCc1nc(-c2csc(S(=O)(=O)N3CCC(C(=O)N4CCCCCC4)CC3)c2)no1. The Hall–Kier alpha value is -1.78. The topological polar surface area (TPSA) is 96.6 Å². The Morgan fingerprint density at radius 3 is 2.50 bits per heavy atom. The number of carbonyl (C=O) groups excluding carboxylic acids is 1. The second kappa shape index (κ2) is 9.15. The van der Waals surface area contributed by atoms with Gasteiger partial charge in [-0.25, -0.2) is 8.42 Å². The van der Waals surface area contributed by atoms with Crippen LogP contribution < -0.4 is 0 Å². The van der Waals surface area contributed by atoms with Crippen molar-refractivity contribution in [2.24, 2.45) is 5.92 Å². The molecule has 0 aromatic carbocycles. The Morgan fingerprint density at radius 1 is 1.17 bits per heavy atom. The van der Waals surface area contributed by atoms with Crippen LogP contribution in [0.25, 0.3) is 11.4 Å². The lowest BCUT2D eigenvalue weighted by molar-refractivity contribution is -0.136. The molecule has 0 bridgehead atoms. The number of hydrogen-bond donors (Lipinski definition) is 0. The number of carbonyl (C=O) groups is 1. The van der Waals surface area contributed by atoms with Gasteiger partial charge in [0.05, 0.1) is 0 Å². The van der Waals surface area contributed by atoms with Gasteiger partial charge in [-0.1, -0.05) is 24.9 Å². The molecule has 2 fully saturated rings. The summed E-state index contributed by atoms with van der Waals surface area (Å²) in [7, 11) is -3.59. The van der Waals surface area contributed by atoms with Crippen LogP contribution in [0.4, 0.5) is 0 Å². The van der Waals surface area contributed by atoms with Crippen molar-refractivity contribution in [3.8, 4) is 11.4 Å². The number of amides is 1. The van der Waals surface area contributed by atoms with E-state index in [1.165, 1.54) is 28.5 Å². The molecule has 8 nitrogen and oxygen atoms in total. The summed E-state index contributed by atoms with van der Waals surface area (Å²) in [5, 5.41) is 5.66. The molecule has 2 saturated heterocycles. The largest absolute Gasteiger partial charge is 0.342 e. The predicted molar refractivity (Wildman–Crippen MR) is 114 cm³/mol. The van der Waals surface area contributed by atoms with Gasteiger partial charge in [-0.05, 0) is 31.7 Å². The Bertz CT molecular complexity index is 969. The van der Waals surface area contributed by atoms with Crippen molar-refractivity contribution < 1.29 is 17.7 Å². The fourth-order valence-electron chi connectivity index (χ4n) is 4.10. The average molecular weight is 453 g/mol. The van der Waals surface area contributed by atoms with Gasteiger partial charge in [0.2, 0.25) is 17.6 Å². The first-order valence-corrected chi connectivity index (χ1v) is 13.0. The first kappa shape index (κ1) is 21.5. The second-order valence-corrected chi connectivity index (χ2v) is 11.0. The van der Waals surface area contributed by atoms with Crippen LogP contribution in [0.1, 0.15) is 51.3 Å². The van der Waals surface area contributed by atoms with Gasteiger partial charge in [-0.15, -0.1) is 11.3 Å². The van der Waals surface area contributed by atoms with Crippen molar-refractivity contribution in [2.75, 3.05) is 26.2 Å². The zero-order valence-electron chi connectivity index (χ0n) is 17.2. The number of nitrogens with zero attached hydrogens (tertiary/aromatic N) is 4. The summed E-state index contributed by atoms with van der Waals surface area (Å²) >= 11 is 1.17. The van der Waals surface area contributed by atoms with Gasteiger partial charge in [0.1, 0.15) is 4.21 Å². The summed E-state index contributed by atoms with van der Waals surface area (Å²) < 4.78 is 33.1. The number of piperidine rings is 1. The molecule has 0 aliphatic carbocycles. The molecule has 164 valence electrons. The predicted octanol–water partition coefficient (Wildman–Crippen LogP) is 3.16. The third-order valence-electron chi connectivity index (χ3n) is 5.92. The lowest BCUT2D eigenvalue weighted by Crippen LogP contribution is -2.44. The summed E-state index contributed by atoms with van der Waals surface area (Å²) in [5.41, 5.74) is 0.647. The minimum Gasteiger partial charge on any atom is -0.342 e. The molecule has 2 aromatic rings. The maximum Gasteiger partial charge on any atom is 0.252 e. The van der Waals surface area contributed by atoms with Crippen LogP contribution in [0.2, 0.25) is 0 Å². The van der Waals surface area contributed by atoms with Crippen LogP contribution in [0.5, 0.6) is 0 Å². The number of rotatable bonds is 5. The van der Waals surface area contributed by atoms with E-state index in [4.69, 9.17) is 4.52 Å². The molecule has 30 heavy (non-hydrogen) atoms. The fraction of sp³-hybridized carbons (Fsp3) is 0.650. The van der Waals surface area contributed by atoms with E-state index in [0.29, 0.717) is 49.6 Å². The molecular formula is C20H28N4O4S2. The van der Waals surface area contributed by atoms with E-state index in [9.17, 15) is 13.2 Å². The van der Waals surface area contributed by atoms with Crippen molar-refractivity contribution >= 4 is 27.3 Å². The Kier molecular flexibility index (Phi) is 6.54. The summed E-state index contributed by atoms with van der Waals surface area (Å²) in [6, 6.07) is 1.61. The van der Waals surface area contributed by atoms with Crippen molar-refractivity contribution in [3.05, 3.63) is 17.3 Å². The number of hydrogen-bond acceptors (Lipinski definition) is 7. The van der Waals surface area contributed by atoms with Crippen LogP contribution in [0.3, 0.4) is 0 Å². The maximum absolute atomic E-state index is 13.1. The standard InChI is InChI=1S/C20H28N4O4S2/c1-2-17-21-19(22-28-17)16-13-18(29-14-16)30(26,27)24-11-7-15(8-12-24)20(25)23-9-5-3-4-6-10-23/h13-15H,2-12H2,1H3. The van der Waals surface area contributed by atoms with Crippen LogP contribution >= 0.6 is 11.3 Å². The average Bonchev–Trinajstić information content (AvgIpc) is 3.37. The molecule has 10 heteroatoms. The van der Waals surface area contributed by atoms with E-state index in [-0.39, 0.29) is 16.0 Å². The monoisotopic (exact) mass is 452 g/mol. The lowest BCUT2D eigenvalue weighted by atomic mass is 9.96. The highest BCUT2D eigenvalue weighted by atomic mass is 32.2. The smallest absolute Gasteiger partial charge is 0.252 e. The van der Waals surface area contributed by atoms with Crippen LogP contribution in [-0.4, -0.2) is 59.8 Å². The fourth-order valence-corrected chi connectivity index (χ4v) is 6.88. The van der Waals surface area contributed by atoms with Crippen molar-refractivity contribution in [1.82, 2.24) is 19.3 Å². The Labute approximate surface area is 181 Å². The second-order valence-electron chi connectivity index (χ2n) is 7.94. The number of likely N-dealkylation sites (tertiary alicyclic amines) is 1. The Balaban J connectivity index is 1.39. The quantitative estimate of drug-likeness (QED) is 0.691. The normalized spacial score (nSPS) is 19.7. The third kappa shape index (κ3) is 4.45. The van der Waals surface area contributed by atoms with Gasteiger partial charge >= 0.3 is 0 Å². The molecular weight excluding hydrogens is 424 g/mol. The molecule has 0 N–H and O–H groups in total. The lowest BCUT2D eigenvalue weighted by Gasteiger charge is -2.33. The van der Waals surface area contributed by atoms with Crippen LogP contribution in [0.15, 0.2) is 20.2 Å². The van der Waals surface area contributed by atoms with E-state index in [1.807, 2.05) is 11.8 Å². The molecule has 0 spiro atoms. The first-order chi connectivity index (χ1) is 14.5. The minimum atomic E-state index is -3.59. The molecule has 2 aromatic heterocycles. The molecule has 2 aliphatic heterocycles. The van der Waals surface area contributed by atoms with Gasteiger partial charge in [-0.2, -0.15) is 9.29 Å².